The number of hydrogen-bond acceptors (Lipinski definition) is 4. The first-order valence-corrected chi connectivity index (χ1v) is 6.99. The molecule has 0 saturated carbocycles. The molecule has 0 radical (unpaired) electrons. The lowest BCUT2D eigenvalue weighted by atomic mass is 10.0. The number of carbonyl (C=O) groups is 1. The number of thiophene rings is 1. The fourth-order valence-electron chi connectivity index (χ4n) is 1.96. The summed E-state index contributed by atoms with van der Waals surface area (Å²) in [6, 6.07) is 8.08. The molecule has 1 aromatic heterocycles. The molecule has 1 aromatic carbocycles. The van der Waals surface area contributed by atoms with Crippen molar-refractivity contribution in [3.63, 3.8) is 0 Å². The van der Waals surface area contributed by atoms with Gasteiger partial charge < -0.3 is 10.5 Å². The molecule has 19 heavy (non-hydrogen) atoms. The molecule has 0 aliphatic carbocycles. The maximum atomic E-state index is 11.9. The van der Waals surface area contributed by atoms with E-state index in [2.05, 4.69) is 13.0 Å². The number of benzene rings is 1. The largest absolute Gasteiger partial charge is 0.462 e. The second-order valence-electron chi connectivity index (χ2n) is 4.33. The highest BCUT2D eigenvalue weighted by molar-refractivity contribution is 7.18. The first-order valence-electron chi connectivity index (χ1n) is 6.18. The van der Waals surface area contributed by atoms with Crippen molar-refractivity contribution in [1.82, 2.24) is 0 Å². The van der Waals surface area contributed by atoms with E-state index in [0.29, 0.717) is 17.2 Å². The van der Waals surface area contributed by atoms with Gasteiger partial charge in [-0.15, -0.1) is 11.3 Å². The van der Waals surface area contributed by atoms with Gasteiger partial charge >= 0.3 is 5.97 Å². The van der Waals surface area contributed by atoms with Gasteiger partial charge in [-0.2, -0.15) is 0 Å². The Morgan fingerprint density at radius 2 is 2.00 bits per heavy atom. The van der Waals surface area contributed by atoms with E-state index in [1.165, 1.54) is 16.9 Å². The van der Waals surface area contributed by atoms with Gasteiger partial charge in [-0.25, -0.2) is 4.79 Å². The molecular weight excluding hydrogens is 258 g/mol. The highest BCUT2D eigenvalue weighted by Gasteiger charge is 2.20. The van der Waals surface area contributed by atoms with E-state index >= 15 is 0 Å². The predicted molar refractivity (Wildman–Crippen MR) is 79.6 cm³/mol. The number of ether oxygens (including phenoxy) is 1. The Labute approximate surface area is 117 Å². The Balaban J connectivity index is 2.52. The third-order valence-corrected chi connectivity index (χ3v) is 4.36. The van der Waals surface area contributed by atoms with Crippen molar-refractivity contribution in [3.8, 4) is 10.4 Å². The highest BCUT2D eigenvalue weighted by Crippen LogP contribution is 2.39. The van der Waals surface area contributed by atoms with E-state index in [9.17, 15) is 4.79 Å². The molecule has 4 heteroatoms. The van der Waals surface area contributed by atoms with Gasteiger partial charge in [-0.05, 0) is 37.5 Å². The van der Waals surface area contributed by atoms with Gasteiger partial charge in [0, 0.05) is 4.88 Å². The zero-order valence-corrected chi connectivity index (χ0v) is 12.1. The smallest absolute Gasteiger partial charge is 0.350 e. The van der Waals surface area contributed by atoms with Crippen molar-refractivity contribution in [3.05, 3.63) is 40.3 Å². The van der Waals surface area contributed by atoms with Crippen molar-refractivity contribution < 1.29 is 9.53 Å². The molecular formula is C15H17NO2S. The highest BCUT2D eigenvalue weighted by atomic mass is 32.1. The SMILES string of the molecule is CCOC(=O)c1sc(-c2ccccc2C)c(C)c1N. The van der Waals surface area contributed by atoms with Crippen LogP contribution in [0.4, 0.5) is 5.69 Å². The van der Waals surface area contributed by atoms with Crippen molar-refractivity contribution in [1.29, 1.82) is 0 Å². The topological polar surface area (TPSA) is 52.3 Å². The lowest BCUT2D eigenvalue weighted by Gasteiger charge is -2.03. The molecule has 3 nitrogen and oxygen atoms in total. The van der Waals surface area contributed by atoms with Crippen LogP contribution in [0.5, 0.6) is 0 Å². The Morgan fingerprint density at radius 3 is 2.63 bits per heavy atom. The summed E-state index contributed by atoms with van der Waals surface area (Å²) in [4.78, 5) is 13.4. The average molecular weight is 275 g/mol. The fourth-order valence-corrected chi connectivity index (χ4v) is 3.17. The number of rotatable bonds is 3. The molecule has 0 unspecified atom stereocenters. The van der Waals surface area contributed by atoms with Crippen LogP contribution >= 0.6 is 11.3 Å². The summed E-state index contributed by atoms with van der Waals surface area (Å²) in [7, 11) is 0. The van der Waals surface area contributed by atoms with Crippen LogP contribution in [0.15, 0.2) is 24.3 Å². The molecule has 0 spiro atoms. The van der Waals surface area contributed by atoms with Crippen LogP contribution in [0.1, 0.15) is 27.7 Å². The molecule has 1 heterocycles. The molecule has 0 atom stereocenters. The Hall–Kier alpha value is -1.81. The summed E-state index contributed by atoms with van der Waals surface area (Å²) in [5, 5.41) is 0. The monoisotopic (exact) mass is 275 g/mol. The van der Waals surface area contributed by atoms with Crippen LogP contribution in [0, 0.1) is 13.8 Å². The summed E-state index contributed by atoms with van der Waals surface area (Å²) in [6.45, 7) is 6.14. The van der Waals surface area contributed by atoms with Crippen LogP contribution < -0.4 is 5.73 Å². The number of carbonyl (C=O) groups excluding carboxylic acids is 1. The number of esters is 1. The molecule has 0 saturated heterocycles. The number of nitrogen functional groups attached to an aromatic ring is 1. The minimum atomic E-state index is -0.340. The molecule has 0 bridgehead atoms. The van der Waals surface area contributed by atoms with Crippen LogP contribution in [0.3, 0.4) is 0 Å². The Kier molecular flexibility index (Phi) is 3.90. The maximum Gasteiger partial charge on any atom is 0.350 e. The summed E-state index contributed by atoms with van der Waals surface area (Å²) >= 11 is 1.40. The van der Waals surface area contributed by atoms with Crippen LogP contribution in [0.25, 0.3) is 10.4 Å². The summed E-state index contributed by atoms with van der Waals surface area (Å²) in [6.07, 6.45) is 0. The first-order chi connectivity index (χ1) is 9.06. The quantitative estimate of drug-likeness (QED) is 0.867. The normalized spacial score (nSPS) is 10.5. The fraction of sp³-hybridized carbons (Fsp3) is 0.267. The third kappa shape index (κ3) is 2.49. The number of anilines is 1. The lowest BCUT2D eigenvalue weighted by Crippen LogP contribution is -2.05. The summed E-state index contributed by atoms with van der Waals surface area (Å²) in [5.74, 6) is -0.340. The molecule has 100 valence electrons. The molecule has 2 rings (SSSR count). The molecule has 2 aromatic rings. The average Bonchev–Trinajstić information content (AvgIpc) is 2.68. The third-order valence-electron chi connectivity index (χ3n) is 3.04. The second kappa shape index (κ2) is 5.45. The second-order valence-corrected chi connectivity index (χ2v) is 5.35. The van der Waals surface area contributed by atoms with Crippen molar-refractivity contribution in [2.45, 2.75) is 20.8 Å². The predicted octanol–water partition coefficient (Wildman–Crippen LogP) is 3.79. The summed E-state index contributed by atoms with van der Waals surface area (Å²) < 4.78 is 5.03. The van der Waals surface area contributed by atoms with E-state index in [-0.39, 0.29) is 5.97 Å². The van der Waals surface area contributed by atoms with Crippen molar-refractivity contribution >= 4 is 23.0 Å². The van der Waals surface area contributed by atoms with Crippen molar-refractivity contribution in [2.24, 2.45) is 0 Å². The molecule has 0 aliphatic heterocycles. The van der Waals surface area contributed by atoms with Gasteiger partial charge in [-0.1, -0.05) is 24.3 Å². The number of nitrogens with two attached hydrogens (primary N) is 1. The van der Waals surface area contributed by atoms with E-state index in [0.717, 1.165) is 16.0 Å². The Morgan fingerprint density at radius 1 is 1.32 bits per heavy atom. The molecule has 2 N–H and O–H groups in total. The molecule has 0 aliphatic rings. The van der Waals surface area contributed by atoms with Gasteiger partial charge in [-0.3, -0.25) is 0 Å². The van der Waals surface area contributed by atoms with Crippen LogP contribution in [-0.4, -0.2) is 12.6 Å². The molecule has 0 fully saturated rings. The van der Waals surface area contributed by atoms with Gasteiger partial charge in [0.2, 0.25) is 0 Å². The Bertz CT molecular complexity index is 617. The van der Waals surface area contributed by atoms with Gasteiger partial charge in [0.25, 0.3) is 0 Å². The molecule has 0 amide bonds. The van der Waals surface area contributed by atoms with Gasteiger partial charge in [0.05, 0.1) is 12.3 Å². The van der Waals surface area contributed by atoms with Gasteiger partial charge in [0.1, 0.15) is 4.88 Å². The van der Waals surface area contributed by atoms with Gasteiger partial charge in [0.15, 0.2) is 0 Å². The lowest BCUT2D eigenvalue weighted by molar-refractivity contribution is 0.0533. The first kappa shape index (κ1) is 13.6. The van der Waals surface area contributed by atoms with E-state index < -0.39 is 0 Å². The number of hydrogen-bond donors (Lipinski definition) is 1. The maximum absolute atomic E-state index is 11.9. The number of aryl methyl sites for hydroxylation is 1. The van der Waals surface area contributed by atoms with E-state index in [1.807, 2.05) is 25.1 Å². The van der Waals surface area contributed by atoms with Crippen LogP contribution in [0.2, 0.25) is 0 Å². The standard InChI is InChI=1S/C15H17NO2S/c1-4-18-15(17)14-12(16)10(3)13(19-14)11-8-6-5-7-9(11)2/h5-8H,4,16H2,1-3H3. The van der Waals surface area contributed by atoms with E-state index in [1.54, 1.807) is 6.92 Å². The zero-order chi connectivity index (χ0) is 14.0. The van der Waals surface area contributed by atoms with E-state index in [4.69, 9.17) is 10.5 Å². The minimum absolute atomic E-state index is 0.340. The van der Waals surface area contributed by atoms with Crippen LogP contribution in [-0.2, 0) is 4.74 Å². The van der Waals surface area contributed by atoms with Crippen molar-refractivity contribution in [2.75, 3.05) is 12.3 Å². The minimum Gasteiger partial charge on any atom is -0.462 e. The summed E-state index contributed by atoms with van der Waals surface area (Å²) in [5.41, 5.74) is 9.79. The zero-order valence-electron chi connectivity index (χ0n) is 11.3.